The van der Waals surface area contributed by atoms with E-state index in [4.69, 9.17) is 5.11 Å². The van der Waals surface area contributed by atoms with E-state index in [0.717, 1.165) is 18.2 Å². The molecule has 1 rings (SSSR count). The van der Waals surface area contributed by atoms with Gasteiger partial charge in [-0.1, -0.05) is 0 Å². The number of carboxylic acid groups (broad SMARTS) is 1. The fourth-order valence-electron chi connectivity index (χ4n) is 1.53. The number of likely N-dealkylation sites (N-methyl/N-ethyl adjacent to an activating group) is 1. The number of carboxylic acids is 1. The van der Waals surface area contributed by atoms with Gasteiger partial charge in [-0.05, 0) is 39.1 Å². The quantitative estimate of drug-likeness (QED) is 0.787. The molecule has 0 unspecified atom stereocenters. The number of rotatable bonds is 7. The number of halogens is 1. The van der Waals surface area contributed by atoms with Crippen LogP contribution in [0.25, 0.3) is 0 Å². The highest BCUT2D eigenvalue weighted by Gasteiger charge is 2.21. The van der Waals surface area contributed by atoms with Crippen LogP contribution in [0.15, 0.2) is 23.1 Å². The van der Waals surface area contributed by atoms with Crippen molar-refractivity contribution in [3.05, 3.63) is 29.6 Å². The molecular formula is C13H19FN2O4S. The van der Waals surface area contributed by atoms with E-state index in [0.29, 0.717) is 6.54 Å². The lowest BCUT2D eigenvalue weighted by Crippen LogP contribution is -2.36. The van der Waals surface area contributed by atoms with Gasteiger partial charge in [-0.15, -0.1) is 0 Å². The summed E-state index contributed by atoms with van der Waals surface area (Å²) in [4.78, 5) is 12.1. The predicted octanol–water partition coefficient (Wildman–Crippen LogP) is 1.14. The Morgan fingerprint density at radius 3 is 2.57 bits per heavy atom. The van der Waals surface area contributed by atoms with Gasteiger partial charge >= 0.3 is 5.97 Å². The highest BCUT2D eigenvalue weighted by Crippen LogP contribution is 2.16. The summed E-state index contributed by atoms with van der Waals surface area (Å²) < 4.78 is 39.9. The second-order valence-corrected chi connectivity index (χ2v) is 6.66. The molecule has 6 nitrogen and oxygen atoms in total. The van der Waals surface area contributed by atoms with Gasteiger partial charge in [0.2, 0.25) is 10.0 Å². The van der Waals surface area contributed by atoms with Crippen molar-refractivity contribution in [2.75, 3.05) is 20.1 Å². The van der Waals surface area contributed by atoms with Gasteiger partial charge in [0.1, 0.15) is 10.7 Å². The van der Waals surface area contributed by atoms with E-state index in [1.54, 1.807) is 0 Å². The first-order chi connectivity index (χ1) is 9.65. The molecule has 0 bridgehead atoms. The third-order valence-electron chi connectivity index (χ3n) is 3.11. The Bertz CT molecular complexity index is 617. The number of aromatic carboxylic acids is 1. The fraction of sp³-hybridized carbons (Fsp3) is 0.462. The second kappa shape index (κ2) is 6.97. The molecule has 0 aromatic heterocycles. The molecule has 118 valence electrons. The predicted molar refractivity (Wildman–Crippen MR) is 76.3 cm³/mol. The summed E-state index contributed by atoms with van der Waals surface area (Å²) in [6.45, 7) is 4.49. The molecule has 0 radical (unpaired) electrons. The molecule has 1 aromatic rings. The molecule has 0 atom stereocenters. The number of nitrogens with zero attached hydrogens (tertiary/aromatic N) is 1. The van der Waals surface area contributed by atoms with Gasteiger partial charge in [0.25, 0.3) is 0 Å². The summed E-state index contributed by atoms with van der Waals surface area (Å²) >= 11 is 0. The van der Waals surface area contributed by atoms with Crippen LogP contribution in [0, 0.1) is 5.82 Å². The molecule has 0 spiro atoms. The Hall–Kier alpha value is -1.51. The number of carbonyl (C=O) groups is 1. The normalized spacial score (nSPS) is 12.1. The first kappa shape index (κ1) is 17.5. The zero-order valence-corrected chi connectivity index (χ0v) is 12.9. The van der Waals surface area contributed by atoms with Gasteiger partial charge in [-0.2, -0.15) is 0 Å². The smallest absolute Gasteiger partial charge is 0.335 e. The molecule has 0 fully saturated rings. The molecule has 0 aliphatic rings. The lowest BCUT2D eigenvalue weighted by Gasteiger charge is -2.20. The largest absolute Gasteiger partial charge is 0.478 e. The average molecular weight is 318 g/mol. The van der Waals surface area contributed by atoms with Crippen LogP contribution < -0.4 is 4.72 Å². The SMILES string of the molecule is CC(C)N(C)CCNS(=O)(=O)c1cc(C(=O)O)ccc1F. The van der Waals surface area contributed by atoms with Gasteiger partial charge < -0.3 is 10.0 Å². The summed E-state index contributed by atoms with van der Waals surface area (Å²) in [7, 11) is -2.25. The number of nitrogens with one attached hydrogen (secondary N) is 1. The average Bonchev–Trinajstić information content (AvgIpc) is 2.38. The van der Waals surface area contributed by atoms with Crippen molar-refractivity contribution < 1.29 is 22.7 Å². The van der Waals surface area contributed by atoms with Crippen molar-refractivity contribution in [1.82, 2.24) is 9.62 Å². The van der Waals surface area contributed by atoms with E-state index in [1.165, 1.54) is 0 Å². The Morgan fingerprint density at radius 1 is 1.43 bits per heavy atom. The van der Waals surface area contributed by atoms with Crippen LogP contribution in [0.3, 0.4) is 0 Å². The third-order valence-corrected chi connectivity index (χ3v) is 4.58. The van der Waals surface area contributed by atoms with E-state index in [1.807, 2.05) is 25.8 Å². The Morgan fingerprint density at radius 2 is 2.05 bits per heavy atom. The van der Waals surface area contributed by atoms with Crippen LogP contribution in [0.5, 0.6) is 0 Å². The number of benzene rings is 1. The molecule has 0 saturated heterocycles. The van der Waals surface area contributed by atoms with Crippen molar-refractivity contribution >= 4 is 16.0 Å². The third kappa shape index (κ3) is 4.76. The second-order valence-electron chi connectivity index (χ2n) is 4.92. The van der Waals surface area contributed by atoms with E-state index in [-0.39, 0.29) is 18.2 Å². The molecule has 21 heavy (non-hydrogen) atoms. The van der Waals surface area contributed by atoms with Crippen molar-refractivity contribution in [2.24, 2.45) is 0 Å². The number of hydrogen-bond donors (Lipinski definition) is 2. The molecule has 8 heteroatoms. The van der Waals surface area contributed by atoms with Gasteiger partial charge in [0.05, 0.1) is 5.56 Å². The topological polar surface area (TPSA) is 86.7 Å². The van der Waals surface area contributed by atoms with Crippen molar-refractivity contribution in [3.63, 3.8) is 0 Å². The minimum atomic E-state index is -4.08. The van der Waals surface area contributed by atoms with Crippen LogP contribution in [0.2, 0.25) is 0 Å². The highest BCUT2D eigenvalue weighted by molar-refractivity contribution is 7.89. The molecule has 2 N–H and O–H groups in total. The first-order valence-corrected chi connectivity index (χ1v) is 7.86. The van der Waals surface area contributed by atoms with Gasteiger partial charge in [-0.3, -0.25) is 0 Å². The maximum atomic E-state index is 13.6. The number of sulfonamides is 1. The first-order valence-electron chi connectivity index (χ1n) is 6.38. The molecule has 0 amide bonds. The van der Waals surface area contributed by atoms with Crippen LogP contribution in [-0.4, -0.2) is 50.6 Å². The maximum absolute atomic E-state index is 13.6. The Kier molecular flexibility index (Phi) is 5.82. The van der Waals surface area contributed by atoms with Gasteiger partial charge in [0, 0.05) is 19.1 Å². The Balaban J connectivity index is 2.88. The minimum absolute atomic E-state index is 0.105. The molecule has 0 saturated carbocycles. The Labute approximate surface area is 123 Å². The summed E-state index contributed by atoms with van der Waals surface area (Å²) in [5.74, 6) is -2.30. The summed E-state index contributed by atoms with van der Waals surface area (Å²) in [6.07, 6.45) is 0. The summed E-state index contributed by atoms with van der Waals surface area (Å²) in [5, 5.41) is 8.83. The molecule has 0 heterocycles. The monoisotopic (exact) mass is 318 g/mol. The van der Waals surface area contributed by atoms with E-state index in [2.05, 4.69) is 4.72 Å². The zero-order chi connectivity index (χ0) is 16.2. The van der Waals surface area contributed by atoms with E-state index < -0.39 is 26.7 Å². The van der Waals surface area contributed by atoms with Crippen LogP contribution in [0.1, 0.15) is 24.2 Å². The maximum Gasteiger partial charge on any atom is 0.335 e. The number of hydrogen-bond acceptors (Lipinski definition) is 4. The molecule has 1 aromatic carbocycles. The van der Waals surface area contributed by atoms with Crippen molar-refractivity contribution in [3.8, 4) is 0 Å². The molecule has 0 aliphatic heterocycles. The van der Waals surface area contributed by atoms with E-state index >= 15 is 0 Å². The van der Waals surface area contributed by atoms with Crippen molar-refractivity contribution in [1.29, 1.82) is 0 Å². The molecule has 0 aliphatic carbocycles. The highest BCUT2D eigenvalue weighted by atomic mass is 32.2. The van der Waals surface area contributed by atoms with E-state index in [9.17, 15) is 17.6 Å². The summed E-state index contributed by atoms with van der Waals surface area (Å²) in [6, 6.07) is 2.91. The fourth-order valence-corrected chi connectivity index (χ4v) is 2.66. The molecular weight excluding hydrogens is 299 g/mol. The zero-order valence-electron chi connectivity index (χ0n) is 12.1. The van der Waals surface area contributed by atoms with Crippen LogP contribution >= 0.6 is 0 Å². The van der Waals surface area contributed by atoms with Gasteiger partial charge in [0.15, 0.2) is 0 Å². The van der Waals surface area contributed by atoms with Gasteiger partial charge in [-0.25, -0.2) is 22.3 Å². The van der Waals surface area contributed by atoms with Crippen LogP contribution in [0.4, 0.5) is 4.39 Å². The lowest BCUT2D eigenvalue weighted by atomic mass is 10.2. The standard InChI is InChI=1S/C13H19FN2O4S/c1-9(2)16(3)7-6-15-21(19,20)12-8-10(13(17)18)4-5-11(12)14/h4-5,8-9,15H,6-7H2,1-3H3,(H,17,18). The van der Waals surface area contributed by atoms with Crippen molar-refractivity contribution in [2.45, 2.75) is 24.8 Å². The minimum Gasteiger partial charge on any atom is -0.478 e. The van der Waals surface area contributed by atoms with Crippen LogP contribution in [-0.2, 0) is 10.0 Å². The summed E-state index contributed by atoms with van der Waals surface area (Å²) in [5.41, 5.74) is -0.281. The lowest BCUT2D eigenvalue weighted by molar-refractivity contribution is 0.0696.